The smallest absolute Gasteiger partial charge is 0.219 e. The Morgan fingerprint density at radius 3 is 2.67 bits per heavy atom. The van der Waals surface area contributed by atoms with E-state index in [1.807, 2.05) is 4.90 Å². The zero-order valence-electron chi connectivity index (χ0n) is 11.9. The second-order valence-corrected chi connectivity index (χ2v) is 5.95. The monoisotopic (exact) mass is 254 g/mol. The first-order valence-corrected chi connectivity index (χ1v) is 7.19. The zero-order chi connectivity index (χ0) is 13.1. The highest BCUT2D eigenvalue weighted by atomic mass is 16.5. The molecule has 2 saturated heterocycles. The lowest BCUT2D eigenvalue weighted by atomic mass is 10.0. The van der Waals surface area contributed by atoms with Crippen LogP contribution in [0.15, 0.2) is 0 Å². The first-order valence-electron chi connectivity index (χ1n) is 7.19. The Hall–Kier alpha value is -0.610. The van der Waals surface area contributed by atoms with Gasteiger partial charge in [0.15, 0.2) is 0 Å². The Bertz CT molecular complexity index is 294. The van der Waals surface area contributed by atoms with Gasteiger partial charge < -0.3 is 9.64 Å². The van der Waals surface area contributed by atoms with Crippen LogP contribution in [0.5, 0.6) is 0 Å². The Kier molecular flexibility index (Phi) is 4.62. The summed E-state index contributed by atoms with van der Waals surface area (Å²) in [6.45, 7) is 11.0. The topological polar surface area (TPSA) is 32.8 Å². The molecular weight excluding hydrogens is 228 g/mol. The molecule has 2 aliphatic heterocycles. The van der Waals surface area contributed by atoms with Gasteiger partial charge in [0.25, 0.3) is 0 Å². The zero-order valence-corrected chi connectivity index (χ0v) is 11.9. The lowest BCUT2D eigenvalue weighted by Crippen LogP contribution is -2.52. The van der Waals surface area contributed by atoms with Gasteiger partial charge in [0.2, 0.25) is 5.91 Å². The van der Waals surface area contributed by atoms with Crippen LogP contribution in [0.1, 0.15) is 33.6 Å². The van der Waals surface area contributed by atoms with E-state index in [1.165, 1.54) is 0 Å². The third-order valence-corrected chi connectivity index (χ3v) is 4.03. The average Bonchev–Trinajstić information content (AvgIpc) is 2.51. The van der Waals surface area contributed by atoms with Crippen LogP contribution in [0.4, 0.5) is 0 Å². The standard InChI is InChI=1S/C14H26N2O2/c1-11(2)10-16-8-9-18-14-5-7-15(12(3)17)6-4-13(14)16/h11,13-14H,4-10H2,1-3H3. The number of likely N-dealkylation sites (tertiary alicyclic amines) is 1. The minimum atomic E-state index is 0.198. The normalized spacial score (nSPS) is 30.1. The van der Waals surface area contributed by atoms with Crippen molar-refractivity contribution in [2.45, 2.75) is 45.8 Å². The Labute approximate surface area is 110 Å². The van der Waals surface area contributed by atoms with Gasteiger partial charge in [-0.3, -0.25) is 9.69 Å². The largest absolute Gasteiger partial charge is 0.375 e. The van der Waals surface area contributed by atoms with Crippen molar-refractivity contribution in [1.82, 2.24) is 9.80 Å². The molecule has 0 radical (unpaired) electrons. The molecule has 1 amide bonds. The molecule has 0 saturated carbocycles. The molecule has 2 heterocycles. The average molecular weight is 254 g/mol. The maximum absolute atomic E-state index is 11.5. The first-order chi connectivity index (χ1) is 8.58. The molecule has 0 bridgehead atoms. The molecule has 2 fully saturated rings. The number of amides is 1. The maximum Gasteiger partial charge on any atom is 0.219 e. The highest BCUT2D eigenvalue weighted by Gasteiger charge is 2.35. The van der Waals surface area contributed by atoms with Gasteiger partial charge in [-0.1, -0.05) is 13.8 Å². The summed E-state index contributed by atoms with van der Waals surface area (Å²) in [5, 5.41) is 0. The predicted octanol–water partition coefficient (Wildman–Crippen LogP) is 1.35. The van der Waals surface area contributed by atoms with Crippen molar-refractivity contribution < 1.29 is 9.53 Å². The fourth-order valence-electron chi connectivity index (χ4n) is 3.17. The molecule has 0 aromatic carbocycles. The van der Waals surface area contributed by atoms with Crippen molar-refractivity contribution in [3.8, 4) is 0 Å². The summed E-state index contributed by atoms with van der Waals surface area (Å²) < 4.78 is 5.92. The van der Waals surface area contributed by atoms with Crippen LogP contribution in [0, 0.1) is 5.92 Å². The van der Waals surface area contributed by atoms with Gasteiger partial charge in [0.1, 0.15) is 0 Å². The van der Waals surface area contributed by atoms with E-state index in [1.54, 1.807) is 6.92 Å². The van der Waals surface area contributed by atoms with Gasteiger partial charge in [0, 0.05) is 39.1 Å². The molecule has 18 heavy (non-hydrogen) atoms. The molecule has 0 N–H and O–H groups in total. The van der Waals surface area contributed by atoms with Gasteiger partial charge >= 0.3 is 0 Å². The molecule has 4 heteroatoms. The summed E-state index contributed by atoms with van der Waals surface area (Å²) >= 11 is 0. The van der Waals surface area contributed by atoms with Crippen LogP contribution >= 0.6 is 0 Å². The highest BCUT2D eigenvalue weighted by Crippen LogP contribution is 2.24. The summed E-state index contributed by atoms with van der Waals surface area (Å²) in [7, 11) is 0. The lowest BCUT2D eigenvalue weighted by Gasteiger charge is -2.41. The number of hydrogen-bond donors (Lipinski definition) is 0. The molecule has 0 aromatic heterocycles. The van der Waals surface area contributed by atoms with E-state index in [9.17, 15) is 4.79 Å². The number of ether oxygens (including phenoxy) is 1. The lowest BCUT2D eigenvalue weighted by molar-refractivity contribution is -0.128. The Morgan fingerprint density at radius 2 is 2.00 bits per heavy atom. The van der Waals surface area contributed by atoms with Crippen LogP contribution < -0.4 is 0 Å². The predicted molar refractivity (Wildman–Crippen MR) is 71.4 cm³/mol. The molecule has 0 aliphatic carbocycles. The van der Waals surface area contributed by atoms with Crippen molar-refractivity contribution in [2.75, 3.05) is 32.8 Å². The van der Waals surface area contributed by atoms with Gasteiger partial charge in [-0.15, -0.1) is 0 Å². The van der Waals surface area contributed by atoms with E-state index in [0.29, 0.717) is 18.1 Å². The minimum absolute atomic E-state index is 0.198. The van der Waals surface area contributed by atoms with Gasteiger partial charge in [-0.05, 0) is 18.8 Å². The quantitative estimate of drug-likeness (QED) is 0.746. The van der Waals surface area contributed by atoms with Crippen molar-refractivity contribution >= 4 is 5.91 Å². The number of fused-ring (bicyclic) bond motifs is 1. The number of hydrogen-bond acceptors (Lipinski definition) is 3. The third-order valence-electron chi connectivity index (χ3n) is 4.03. The van der Waals surface area contributed by atoms with E-state index in [0.717, 1.165) is 45.6 Å². The molecule has 2 aliphatic rings. The molecule has 104 valence electrons. The summed E-state index contributed by atoms with van der Waals surface area (Å²) in [5.74, 6) is 0.889. The molecular formula is C14H26N2O2. The van der Waals surface area contributed by atoms with Gasteiger partial charge in [-0.25, -0.2) is 0 Å². The van der Waals surface area contributed by atoms with Gasteiger partial charge in [-0.2, -0.15) is 0 Å². The van der Waals surface area contributed by atoms with Crippen LogP contribution in [-0.2, 0) is 9.53 Å². The molecule has 4 nitrogen and oxygen atoms in total. The van der Waals surface area contributed by atoms with E-state index < -0.39 is 0 Å². The number of nitrogens with zero attached hydrogens (tertiary/aromatic N) is 2. The summed E-state index contributed by atoms with van der Waals surface area (Å²) in [5.41, 5.74) is 0. The molecule has 0 aromatic rings. The fraction of sp³-hybridized carbons (Fsp3) is 0.929. The highest BCUT2D eigenvalue weighted by molar-refractivity contribution is 5.73. The second-order valence-electron chi connectivity index (χ2n) is 5.95. The van der Waals surface area contributed by atoms with E-state index in [2.05, 4.69) is 18.7 Å². The van der Waals surface area contributed by atoms with Crippen LogP contribution in [0.2, 0.25) is 0 Å². The summed E-state index contributed by atoms with van der Waals surface area (Å²) in [6, 6.07) is 0.505. The minimum Gasteiger partial charge on any atom is -0.375 e. The maximum atomic E-state index is 11.5. The summed E-state index contributed by atoms with van der Waals surface area (Å²) in [6.07, 6.45) is 2.36. The van der Waals surface area contributed by atoms with Crippen LogP contribution in [0.25, 0.3) is 0 Å². The molecule has 2 unspecified atom stereocenters. The van der Waals surface area contributed by atoms with E-state index >= 15 is 0 Å². The van der Waals surface area contributed by atoms with Gasteiger partial charge in [0.05, 0.1) is 12.7 Å². The van der Waals surface area contributed by atoms with Crippen molar-refractivity contribution in [2.24, 2.45) is 5.92 Å². The SMILES string of the molecule is CC(=O)N1CCC2OCCN(CC(C)C)C2CC1. The number of carbonyl (C=O) groups excluding carboxylic acids is 1. The first kappa shape index (κ1) is 13.8. The van der Waals surface area contributed by atoms with Crippen molar-refractivity contribution in [3.63, 3.8) is 0 Å². The van der Waals surface area contributed by atoms with Crippen molar-refractivity contribution in [1.29, 1.82) is 0 Å². The van der Waals surface area contributed by atoms with E-state index in [4.69, 9.17) is 4.74 Å². The van der Waals surface area contributed by atoms with Crippen LogP contribution in [0.3, 0.4) is 0 Å². The molecule has 0 spiro atoms. The third kappa shape index (κ3) is 3.23. The number of rotatable bonds is 2. The summed E-state index contributed by atoms with van der Waals surface area (Å²) in [4.78, 5) is 16.0. The van der Waals surface area contributed by atoms with Crippen molar-refractivity contribution in [3.05, 3.63) is 0 Å². The van der Waals surface area contributed by atoms with E-state index in [-0.39, 0.29) is 5.91 Å². The number of carbonyl (C=O) groups is 1. The molecule has 2 rings (SSSR count). The number of morpholine rings is 1. The van der Waals surface area contributed by atoms with Crippen LogP contribution in [-0.4, -0.2) is 60.6 Å². The second kappa shape index (κ2) is 6.02. The Balaban J connectivity index is 2.00. The molecule has 2 atom stereocenters. The Morgan fingerprint density at radius 1 is 1.28 bits per heavy atom. The fourth-order valence-corrected chi connectivity index (χ4v) is 3.17.